The van der Waals surface area contributed by atoms with E-state index in [1.54, 1.807) is 25.1 Å². The van der Waals surface area contributed by atoms with Gasteiger partial charge >= 0.3 is 5.97 Å². The standard InChI is InChI=1S/C10H11N3O2/c1-2-15-10(14)8-5-7-6(12-8)3-4-9(11)13-7/h3-5,12H,2H2,1H3,(H2,11,13). The van der Waals surface area contributed by atoms with Crippen LogP contribution in [-0.4, -0.2) is 22.5 Å². The highest BCUT2D eigenvalue weighted by Gasteiger charge is 2.10. The number of carbonyl (C=O) groups is 1. The van der Waals surface area contributed by atoms with E-state index < -0.39 is 0 Å². The molecule has 15 heavy (non-hydrogen) atoms. The summed E-state index contributed by atoms with van der Waals surface area (Å²) in [6, 6.07) is 5.08. The number of ether oxygens (including phenoxy) is 1. The fraction of sp³-hybridized carbons (Fsp3) is 0.200. The Morgan fingerprint density at radius 1 is 1.60 bits per heavy atom. The van der Waals surface area contributed by atoms with Crippen molar-refractivity contribution in [2.24, 2.45) is 0 Å². The first-order valence-electron chi connectivity index (χ1n) is 4.63. The van der Waals surface area contributed by atoms with Crippen molar-refractivity contribution in [3.05, 3.63) is 23.9 Å². The molecule has 0 spiro atoms. The number of nitrogen functional groups attached to an aromatic ring is 1. The molecule has 0 fully saturated rings. The number of carbonyl (C=O) groups excluding carboxylic acids is 1. The van der Waals surface area contributed by atoms with E-state index in [1.807, 2.05) is 0 Å². The molecule has 0 atom stereocenters. The van der Waals surface area contributed by atoms with Crippen molar-refractivity contribution >= 4 is 22.8 Å². The lowest BCUT2D eigenvalue weighted by molar-refractivity contribution is 0.0520. The highest BCUT2D eigenvalue weighted by atomic mass is 16.5. The molecule has 0 aliphatic carbocycles. The van der Waals surface area contributed by atoms with Crippen LogP contribution < -0.4 is 5.73 Å². The number of aromatic nitrogens is 2. The molecule has 0 aromatic carbocycles. The van der Waals surface area contributed by atoms with Gasteiger partial charge in [-0.3, -0.25) is 0 Å². The van der Waals surface area contributed by atoms with E-state index in [4.69, 9.17) is 10.5 Å². The van der Waals surface area contributed by atoms with E-state index in [0.717, 1.165) is 5.52 Å². The maximum Gasteiger partial charge on any atom is 0.354 e. The quantitative estimate of drug-likeness (QED) is 0.724. The molecule has 0 aliphatic rings. The minimum absolute atomic E-state index is 0.351. The van der Waals surface area contributed by atoms with E-state index in [2.05, 4.69) is 9.97 Å². The van der Waals surface area contributed by atoms with Gasteiger partial charge in [0.2, 0.25) is 0 Å². The molecule has 0 amide bonds. The molecular formula is C10H11N3O2. The molecule has 0 saturated carbocycles. The molecule has 0 unspecified atom stereocenters. The van der Waals surface area contributed by atoms with Crippen LogP contribution in [0.2, 0.25) is 0 Å². The number of pyridine rings is 1. The number of esters is 1. The molecule has 0 aliphatic heterocycles. The van der Waals surface area contributed by atoms with Gasteiger partial charge in [-0.25, -0.2) is 9.78 Å². The third-order valence-electron chi connectivity index (χ3n) is 1.99. The van der Waals surface area contributed by atoms with Gasteiger partial charge in [0.25, 0.3) is 0 Å². The number of aromatic amines is 1. The summed E-state index contributed by atoms with van der Waals surface area (Å²) in [5.74, 6) is 0.0472. The average Bonchev–Trinajstić information content (AvgIpc) is 2.60. The van der Waals surface area contributed by atoms with Crippen LogP contribution >= 0.6 is 0 Å². The van der Waals surface area contributed by atoms with Gasteiger partial charge in [0.05, 0.1) is 17.6 Å². The number of nitrogens with zero attached hydrogens (tertiary/aromatic N) is 1. The zero-order chi connectivity index (χ0) is 10.8. The van der Waals surface area contributed by atoms with Crippen molar-refractivity contribution in [3.63, 3.8) is 0 Å². The Morgan fingerprint density at radius 3 is 3.13 bits per heavy atom. The Labute approximate surface area is 86.3 Å². The van der Waals surface area contributed by atoms with E-state index in [9.17, 15) is 4.79 Å². The summed E-state index contributed by atoms with van der Waals surface area (Å²) >= 11 is 0. The first-order valence-corrected chi connectivity index (χ1v) is 4.63. The number of hydrogen-bond donors (Lipinski definition) is 2. The summed E-state index contributed by atoms with van der Waals surface area (Å²) in [5.41, 5.74) is 7.36. The summed E-state index contributed by atoms with van der Waals surface area (Å²) in [6.07, 6.45) is 0. The third kappa shape index (κ3) is 1.76. The molecule has 2 aromatic rings. The Kier molecular flexibility index (Phi) is 2.29. The molecule has 2 heterocycles. The second kappa shape index (κ2) is 3.61. The van der Waals surface area contributed by atoms with E-state index in [-0.39, 0.29) is 5.97 Å². The fourth-order valence-electron chi connectivity index (χ4n) is 1.34. The van der Waals surface area contributed by atoms with Crippen LogP contribution in [0.3, 0.4) is 0 Å². The number of fused-ring (bicyclic) bond motifs is 1. The summed E-state index contributed by atoms with van der Waals surface area (Å²) in [4.78, 5) is 18.4. The molecule has 5 heteroatoms. The normalized spacial score (nSPS) is 10.5. The first-order chi connectivity index (χ1) is 7.20. The smallest absolute Gasteiger partial charge is 0.354 e. The van der Waals surface area contributed by atoms with Gasteiger partial charge in [-0.2, -0.15) is 0 Å². The van der Waals surface area contributed by atoms with E-state index in [0.29, 0.717) is 23.6 Å². The highest BCUT2D eigenvalue weighted by Crippen LogP contribution is 2.15. The van der Waals surface area contributed by atoms with Crippen LogP contribution in [0.25, 0.3) is 11.0 Å². The van der Waals surface area contributed by atoms with Crippen LogP contribution in [0.4, 0.5) is 5.82 Å². The molecule has 0 radical (unpaired) electrons. The average molecular weight is 205 g/mol. The Bertz CT molecular complexity index is 504. The van der Waals surface area contributed by atoms with Crippen LogP contribution in [-0.2, 0) is 4.74 Å². The molecule has 3 N–H and O–H groups in total. The number of hydrogen-bond acceptors (Lipinski definition) is 4. The number of rotatable bonds is 2. The minimum atomic E-state index is -0.380. The van der Waals surface area contributed by atoms with Gasteiger partial charge in [-0.05, 0) is 25.1 Å². The summed E-state index contributed by atoms with van der Waals surface area (Å²) in [5, 5.41) is 0. The SMILES string of the molecule is CCOC(=O)c1cc2nc(N)ccc2[nH]1. The van der Waals surface area contributed by atoms with Gasteiger partial charge in [0.1, 0.15) is 11.5 Å². The minimum Gasteiger partial charge on any atom is -0.461 e. The van der Waals surface area contributed by atoms with Gasteiger partial charge < -0.3 is 15.5 Å². The van der Waals surface area contributed by atoms with E-state index in [1.165, 1.54) is 0 Å². The van der Waals surface area contributed by atoms with Crippen LogP contribution in [0.5, 0.6) is 0 Å². The van der Waals surface area contributed by atoms with Gasteiger partial charge in [-0.15, -0.1) is 0 Å². The van der Waals surface area contributed by atoms with Crippen molar-refractivity contribution in [1.29, 1.82) is 0 Å². The van der Waals surface area contributed by atoms with Crippen molar-refractivity contribution in [2.45, 2.75) is 6.92 Å². The lowest BCUT2D eigenvalue weighted by Crippen LogP contribution is -2.04. The predicted octanol–water partition coefficient (Wildman–Crippen LogP) is 1.32. The molecule has 2 aromatic heterocycles. The van der Waals surface area contributed by atoms with Crippen LogP contribution in [0.15, 0.2) is 18.2 Å². The van der Waals surface area contributed by atoms with E-state index >= 15 is 0 Å². The monoisotopic (exact) mass is 205 g/mol. The lowest BCUT2D eigenvalue weighted by atomic mass is 10.3. The highest BCUT2D eigenvalue weighted by molar-refractivity contribution is 5.93. The topological polar surface area (TPSA) is 81.0 Å². The summed E-state index contributed by atoms with van der Waals surface area (Å²) in [7, 11) is 0. The van der Waals surface area contributed by atoms with Gasteiger partial charge in [-0.1, -0.05) is 0 Å². The maximum atomic E-state index is 11.4. The molecule has 2 rings (SSSR count). The van der Waals surface area contributed by atoms with Crippen molar-refractivity contribution in [1.82, 2.24) is 9.97 Å². The number of nitrogens with two attached hydrogens (primary N) is 1. The number of H-pyrrole nitrogens is 1. The summed E-state index contributed by atoms with van der Waals surface area (Å²) in [6.45, 7) is 2.11. The summed E-state index contributed by atoms with van der Waals surface area (Å²) < 4.78 is 4.86. The maximum absolute atomic E-state index is 11.4. The zero-order valence-electron chi connectivity index (χ0n) is 8.28. The number of nitrogens with one attached hydrogen (secondary N) is 1. The predicted molar refractivity (Wildman–Crippen MR) is 56.5 cm³/mol. The zero-order valence-corrected chi connectivity index (χ0v) is 8.28. The largest absolute Gasteiger partial charge is 0.461 e. The van der Waals surface area contributed by atoms with Gasteiger partial charge in [0.15, 0.2) is 0 Å². The molecule has 0 saturated heterocycles. The third-order valence-corrected chi connectivity index (χ3v) is 1.99. The Balaban J connectivity index is 2.42. The molecule has 5 nitrogen and oxygen atoms in total. The molecular weight excluding hydrogens is 194 g/mol. The second-order valence-electron chi connectivity index (χ2n) is 3.07. The first kappa shape index (κ1) is 9.51. The van der Waals surface area contributed by atoms with Crippen LogP contribution in [0, 0.1) is 0 Å². The van der Waals surface area contributed by atoms with Gasteiger partial charge in [0, 0.05) is 0 Å². The molecule has 0 bridgehead atoms. The van der Waals surface area contributed by atoms with Crippen LogP contribution in [0.1, 0.15) is 17.4 Å². The second-order valence-corrected chi connectivity index (χ2v) is 3.07. The Morgan fingerprint density at radius 2 is 2.40 bits per heavy atom. The lowest BCUT2D eigenvalue weighted by Gasteiger charge is -1.96. The Hall–Kier alpha value is -2.04. The van der Waals surface area contributed by atoms with Crippen molar-refractivity contribution < 1.29 is 9.53 Å². The fourth-order valence-corrected chi connectivity index (χ4v) is 1.34. The van der Waals surface area contributed by atoms with Crippen molar-refractivity contribution in [2.75, 3.05) is 12.3 Å². The number of anilines is 1. The van der Waals surface area contributed by atoms with Crippen molar-refractivity contribution in [3.8, 4) is 0 Å². The molecule has 78 valence electrons.